The van der Waals surface area contributed by atoms with E-state index in [0.29, 0.717) is 17.3 Å². The van der Waals surface area contributed by atoms with Crippen LogP contribution in [0.3, 0.4) is 0 Å². The number of hydrogen-bond acceptors (Lipinski definition) is 6. The standard InChI is InChI=1S/C20H16N6O2S/c1-22-18(25-26-21)11-5-6-14-16(10-11)24-19(15-7-8-29-17(14)15)23-13-4-2-3-12(9-13)20(27)28/h2-10H,1H3,(H,23,24)(H,27,28)(H2,21,22,25). The van der Waals surface area contributed by atoms with E-state index in [9.17, 15) is 9.90 Å². The highest BCUT2D eigenvalue weighted by Gasteiger charge is 2.13. The average Bonchev–Trinajstić information content (AvgIpc) is 3.22. The molecule has 0 radical (unpaired) electrons. The molecule has 0 amide bonds. The van der Waals surface area contributed by atoms with Crippen LogP contribution in [-0.4, -0.2) is 28.9 Å². The van der Waals surface area contributed by atoms with Gasteiger partial charge in [-0.2, -0.15) is 5.53 Å². The lowest BCUT2D eigenvalue weighted by atomic mass is 10.1. The Morgan fingerprint density at radius 2 is 2.00 bits per heavy atom. The van der Waals surface area contributed by atoms with E-state index in [1.54, 1.807) is 42.6 Å². The molecule has 0 saturated carbocycles. The van der Waals surface area contributed by atoms with Crippen molar-refractivity contribution in [1.82, 2.24) is 10.3 Å². The van der Waals surface area contributed by atoms with E-state index in [-0.39, 0.29) is 5.56 Å². The highest BCUT2D eigenvalue weighted by Crippen LogP contribution is 2.35. The van der Waals surface area contributed by atoms with Crippen molar-refractivity contribution in [2.75, 3.05) is 12.4 Å². The Hall–Kier alpha value is -3.85. The van der Waals surface area contributed by atoms with Crippen molar-refractivity contribution in [2.45, 2.75) is 0 Å². The molecule has 9 heteroatoms. The van der Waals surface area contributed by atoms with Gasteiger partial charge in [-0.25, -0.2) is 9.78 Å². The minimum absolute atomic E-state index is 0.202. The molecule has 2 aromatic heterocycles. The molecule has 0 aliphatic rings. The molecule has 0 unspecified atom stereocenters. The fourth-order valence-corrected chi connectivity index (χ4v) is 4.04. The van der Waals surface area contributed by atoms with Crippen molar-refractivity contribution in [3.05, 3.63) is 65.0 Å². The normalized spacial score (nSPS) is 11.6. The summed E-state index contributed by atoms with van der Waals surface area (Å²) in [6.45, 7) is 0. The number of nitrogens with zero attached hydrogens (tertiary/aromatic N) is 3. The van der Waals surface area contributed by atoms with Gasteiger partial charge in [0.05, 0.1) is 11.1 Å². The molecule has 2 heterocycles. The number of rotatable bonds is 5. The maximum atomic E-state index is 11.3. The van der Waals surface area contributed by atoms with Crippen LogP contribution in [0.25, 0.3) is 21.0 Å². The van der Waals surface area contributed by atoms with E-state index >= 15 is 0 Å². The van der Waals surface area contributed by atoms with Crippen LogP contribution in [-0.2, 0) is 0 Å². The first-order valence-electron chi connectivity index (χ1n) is 8.64. The molecule has 0 fully saturated rings. The van der Waals surface area contributed by atoms with E-state index in [1.807, 2.05) is 29.6 Å². The number of amidine groups is 1. The third kappa shape index (κ3) is 3.50. The van der Waals surface area contributed by atoms with Gasteiger partial charge < -0.3 is 15.7 Å². The van der Waals surface area contributed by atoms with Gasteiger partial charge in [0.15, 0.2) is 5.84 Å². The number of aromatic nitrogens is 1. The molecule has 4 rings (SSSR count). The smallest absolute Gasteiger partial charge is 0.335 e. The van der Waals surface area contributed by atoms with E-state index in [2.05, 4.69) is 21.0 Å². The Morgan fingerprint density at radius 1 is 1.14 bits per heavy atom. The summed E-state index contributed by atoms with van der Waals surface area (Å²) in [6.07, 6.45) is 0. The Kier molecular flexibility index (Phi) is 4.88. The Morgan fingerprint density at radius 3 is 2.76 bits per heavy atom. The van der Waals surface area contributed by atoms with Crippen LogP contribution in [0.4, 0.5) is 11.5 Å². The van der Waals surface area contributed by atoms with Crippen molar-refractivity contribution < 1.29 is 9.90 Å². The van der Waals surface area contributed by atoms with Crippen molar-refractivity contribution in [1.29, 1.82) is 5.53 Å². The lowest BCUT2D eigenvalue weighted by Gasteiger charge is -2.11. The van der Waals surface area contributed by atoms with Gasteiger partial charge in [-0.15, -0.1) is 16.4 Å². The molecule has 0 saturated heterocycles. The Labute approximate surface area is 169 Å². The zero-order chi connectivity index (χ0) is 20.4. The van der Waals surface area contributed by atoms with Crippen molar-refractivity contribution in [3.8, 4) is 0 Å². The average molecular weight is 404 g/mol. The third-order valence-electron chi connectivity index (χ3n) is 4.43. The lowest BCUT2D eigenvalue weighted by molar-refractivity contribution is 0.0697. The van der Waals surface area contributed by atoms with E-state index in [0.717, 1.165) is 26.6 Å². The summed E-state index contributed by atoms with van der Waals surface area (Å²) < 4.78 is 1.08. The van der Waals surface area contributed by atoms with Crippen molar-refractivity contribution >= 4 is 55.6 Å². The summed E-state index contributed by atoms with van der Waals surface area (Å²) in [5, 5.41) is 26.2. The Balaban J connectivity index is 1.85. The predicted molar refractivity (Wildman–Crippen MR) is 115 cm³/mol. The number of fused-ring (bicyclic) bond motifs is 3. The summed E-state index contributed by atoms with van der Waals surface area (Å²) in [6, 6.07) is 14.4. The molecular formula is C20H16N6O2S. The fourth-order valence-electron chi connectivity index (χ4n) is 3.11. The van der Waals surface area contributed by atoms with Gasteiger partial charge >= 0.3 is 5.97 Å². The summed E-state index contributed by atoms with van der Waals surface area (Å²) in [5.74, 6) is 0.129. The first kappa shape index (κ1) is 18.5. The molecule has 4 N–H and O–H groups in total. The van der Waals surface area contributed by atoms with Crippen molar-refractivity contribution in [3.63, 3.8) is 0 Å². The summed E-state index contributed by atoms with van der Waals surface area (Å²) in [5.41, 5.74) is 9.34. The van der Waals surface area contributed by atoms with E-state index in [4.69, 9.17) is 10.5 Å². The predicted octanol–water partition coefficient (Wildman–Crippen LogP) is 4.80. The number of nitrogens with one attached hydrogen (secondary N) is 3. The third-order valence-corrected chi connectivity index (χ3v) is 5.38. The van der Waals surface area contributed by atoms with Gasteiger partial charge in [0.2, 0.25) is 0 Å². The number of aromatic carboxylic acids is 1. The largest absolute Gasteiger partial charge is 0.478 e. The molecule has 8 nitrogen and oxygen atoms in total. The number of carboxylic acid groups (broad SMARTS) is 1. The molecule has 144 valence electrons. The zero-order valence-electron chi connectivity index (χ0n) is 15.3. The first-order chi connectivity index (χ1) is 14.1. The number of benzene rings is 2. The number of anilines is 2. The highest BCUT2D eigenvalue weighted by molar-refractivity contribution is 7.18. The molecule has 2 aromatic carbocycles. The molecular weight excluding hydrogens is 388 g/mol. The van der Waals surface area contributed by atoms with E-state index < -0.39 is 5.97 Å². The second kappa shape index (κ2) is 7.64. The maximum Gasteiger partial charge on any atom is 0.335 e. The number of hydrogen-bond donors (Lipinski definition) is 4. The molecule has 0 atom stereocenters. The number of carbonyl (C=O) groups is 1. The van der Waals surface area contributed by atoms with Gasteiger partial charge in [0.25, 0.3) is 0 Å². The van der Waals surface area contributed by atoms with Gasteiger partial charge in [-0.1, -0.05) is 23.4 Å². The molecule has 0 aliphatic carbocycles. The van der Waals surface area contributed by atoms with Crippen LogP contribution < -0.4 is 10.6 Å². The van der Waals surface area contributed by atoms with Crippen LogP contribution in [0, 0.1) is 5.53 Å². The minimum atomic E-state index is -0.982. The molecule has 29 heavy (non-hydrogen) atoms. The van der Waals surface area contributed by atoms with Crippen LogP contribution >= 0.6 is 11.3 Å². The highest BCUT2D eigenvalue weighted by atomic mass is 32.1. The number of carboxylic acids is 1. The fraction of sp³-hybridized carbons (Fsp3) is 0.0500. The topological polar surface area (TPSA) is 123 Å². The van der Waals surface area contributed by atoms with Crippen LogP contribution in [0.2, 0.25) is 0 Å². The molecule has 0 spiro atoms. The lowest BCUT2D eigenvalue weighted by Crippen LogP contribution is -2.19. The van der Waals surface area contributed by atoms with Crippen LogP contribution in [0.5, 0.6) is 0 Å². The summed E-state index contributed by atoms with van der Waals surface area (Å²) in [4.78, 5) is 16.0. The minimum Gasteiger partial charge on any atom is -0.478 e. The quantitative estimate of drug-likeness (QED) is 0.165. The first-order valence-corrected chi connectivity index (χ1v) is 9.52. The van der Waals surface area contributed by atoms with Gasteiger partial charge in [0, 0.05) is 33.8 Å². The monoisotopic (exact) mass is 404 g/mol. The second-order valence-corrected chi connectivity index (χ2v) is 7.08. The molecule has 0 bridgehead atoms. The second-order valence-electron chi connectivity index (χ2n) is 6.17. The van der Waals surface area contributed by atoms with E-state index in [1.165, 1.54) is 0 Å². The maximum absolute atomic E-state index is 11.3. The van der Waals surface area contributed by atoms with Gasteiger partial charge in [0.1, 0.15) is 5.82 Å². The summed E-state index contributed by atoms with van der Waals surface area (Å²) >= 11 is 1.61. The SMILES string of the molecule is CN/C(=N\N=N)c1ccc2c(c1)nc(Nc1cccc(C(=O)O)c1)c1ccsc12. The Bertz CT molecular complexity index is 1280. The van der Waals surface area contributed by atoms with Gasteiger partial charge in [-0.3, -0.25) is 0 Å². The number of thiophene rings is 1. The molecule has 0 aliphatic heterocycles. The zero-order valence-corrected chi connectivity index (χ0v) is 16.1. The van der Waals surface area contributed by atoms with Gasteiger partial charge in [-0.05, 0) is 35.7 Å². The summed E-state index contributed by atoms with van der Waals surface area (Å²) in [7, 11) is 1.71. The van der Waals surface area contributed by atoms with Crippen LogP contribution in [0.15, 0.2) is 64.2 Å². The van der Waals surface area contributed by atoms with Crippen molar-refractivity contribution in [2.24, 2.45) is 10.3 Å². The number of pyridine rings is 1. The molecule has 4 aromatic rings. The van der Waals surface area contributed by atoms with Crippen LogP contribution in [0.1, 0.15) is 15.9 Å².